The van der Waals surface area contributed by atoms with Gasteiger partial charge in [-0.2, -0.15) is 0 Å². The van der Waals surface area contributed by atoms with Crippen LogP contribution in [0.15, 0.2) is 18.5 Å². The zero-order chi connectivity index (χ0) is 13.1. The van der Waals surface area contributed by atoms with E-state index in [0.29, 0.717) is 6.04 Å². The van der Waals surface area contributed by atoms with Gasteiger partial charge in [0.2, 0.25) is 11.9 Å². The smallest absolute Gasteiger partial charge is 0.225 e. The molecule has 0 atom stereocenters. The van der Waals surface area contributed by atoms with E-state index >= 15 is 0 Å². The Balaban J connectivity index is 1.50. The van der Waals surface area contributed by atoms with Gasteiger partial charge >= 0.3 is 0 Å². The number of carbonyl (C=O) groups excluding carboxylic acids is 1. The fourth-order valence-corrected chi connectivity index (χ4v) is 2.67. The van der Waals surface area contributed by atoms with Gasteiger partial charge in [-0.05, 0) is 38.2 Å². The number of nitrogens with one attached hydrogen (secondary N) is 1. The van der Waals surface area contributed by atoms with E-state index in [9.17, 15) is 4.79 Å². The first-order valence-electron chi connectivity index (χ1n) is 7.15. The van der Waals surface area contributed by atoms with Gasteiger partial charge in [-0.15, -0.1) is 0 Å². The summed E-state index contributed by atoms with van der Waals surface area (Å²) in [5.74, 6) is 1.19. The maximum Gasteiger partial charge on any atom is 0.225 e. The van der Waals surface area contributed by atoms with E-state index in [1.165, 1.54) is 6.42 Å². The van der Waals surface area contributed by atoms with Crippen molar-refractivity contribution in [1.82, 2.24) is 15.3 Å². The number of hydrogen-bond donors (Lipinski definition) is 1. The monoisotopic (exact) mass is 260 g/mol. The van der Waals surface area contributed by atoms with Crippen LogP contribution in [-0.2, 0) is 4.79 Å². The van der Waals surface area contributed by atoms with E-state index in [0.717, 1.165) is 44.7 Å². The molecule has 1 aromatic rings. The minimum atomic E-state index is 0.167. The summed E-state index contributed by atoms with van der Waals surface area (Å²) < 4.78 is 0. The molecular formula is C14H20N4O. The van der Waals surface area contributed by atoms with Crippen molar-refractivity contribution in [3.05, 3.63) is 18.5 Å². The zero-order valence-electron chi connectivity index (χ0n) is 11.1. The normalized spacial score (nSPS) is 20.9. The highest BCUT2D eigenvalue weighted by Gasteiger charge is 2.28. The first kappa shape index (κ1) is 12.4. The van der Waals surface area contributed by atoms with Gasteiger partial charge in [-0.25, -0.2) is 9.97 Å². The lowest BCUT2D eigenvalue weighted by Gasteiger charge is -2.33. The first-order valence-corrected chi connectivity index (χ1v) is 7.15. The number of amides is 1. The fourth-order valence-electron chi connectivity index (χ4n) is 2.67. The standard InChI is InChI=1S/C14H20N4O/c19-13(17-12-3-1-4-12)11-5-9-18(10-6-11)14-15-7-2-8-16-14/h2,7-8,11-12H,1,3-6,9-10H2,(H,17,19). The van der Waals surface area contributed by atoms with Crippen LogP contribution in [0.3, 0.4) is 0 Å². The van der Waals surface area contributed by atoms with Crippen molar-refractivity contribution in [3.8, 4) is 0 Å². The van der Waals surface area contributed by atoms with Crippen LogP contribution in [0.2, 0.25) is 0 Å². The molecular weight excluding hydrogens is 240 g/mol. The van der Waals surface area contributed by atoms with Crippen LogP contribution in [0.4, 0.5) is 5.95 Å². The molecule has 102 valence electrons. The SMILES string of the molecule is O=C(NC1CCC1)C1CCN(c2ncccn2)CC1. The molecule has 2 fully saturated rings. The van der Waals surface area contributed by atoms with Crippen LogP contribution in [-0.4, -0.2) is 35.0 Å². The maximum absolute atomic E-state index is 12.1. The van der Waals surface area contributed by atoms with Crippen LogP contribution >= 0.6 is 0 Å². The number of piperidine rings is 1. The van der Waals surface area contributed by atoms with E-state index in [1.807, 2.05) is 6.07 Å². The number of rotatable bonds is 3. The first-order chi connectivity index (χ1) is 9.33. The van der Waals surface area contributed by atoms with Gasteiger partial charge in [0, 0.05) is 37.4 Å². The topological polar surface area (TPSA) is 58.1 Å². The Kier molecular flexibility index (Phi) is 3.62. The number of nitrogens with zero attached hydrogens (tertiary/aromatic N) is 3. The molecule has 0 spiro atoms. The van der Waals surface area contributed by atoms with Gasteiger partial charge < -0.3 is 10.2 Å². The van der Waals surface area contributed by atoms with E-state index in [2.05, 4.69) is 20.2 Å². The van der Waals surface area contributed by atoms with Gasteiger partial charge in [0.25, 0.3) is 0 Å². The summed E-state index contributed by atoms with van der Waals surface area (Å²) >= 11 is 0. The van der Waals surface area contributed by atoms with Gasteiger partial charge in [-0.3, -0.25) is 4.79 Å². The van der Waals surface area contributed by atoms with Crippen molar-refractivity contribution >= 4 is 11.9 Å². The van der Waals surface area contributed by atoms with Gasteiger partial charge in [0.15, 0.2) is 0 Å². The molecule has 0 aromatic carbocycles. The van der Waals surface area contributed by atoms with E-state index < -0.39 is 0 Å². The Hall–Kier alpha value is -1.65. The lowest BCUT2D eigenvalue weighted by Crippen LogP contribution is -2.46. The van der Waals surface area contributed by atoms with Gasteiger partial charge in [0.05, 0.1) is 0 Å². The molecule has 1 saturated carbocycles. The summed E-state index contributed by atoms with van der Waals surface area (Å²) in [6, 6.07) is 2.27. The van der Waals surface area contributed by atoms with Crippen LogP contribution in [0.25, 0.3) is 0 Å². The second kappa shape index (κ2) is 5.55. The molecule has 0 radical (unpaired) electrons. The Bertz CT molecular complexity index is 424. The van der Waals surface area contributed by atoms with Crippen LogP contribution in [0.1, 0.15) is 32.1 Å². The molecule has 5 heteroatoms. The second-order valence-electron chi connectivity index (χ2n) is 5.45. The highest BCUT2D eigenvalue weighted by Crippen LogP contribution is 2.23. The van der Waals surface area contributed by atoms with E-state index in [-0.39, 0.29) is 11.8 Å². The predicted molar refractivity (Wildman–Crippen MR) is 72.8 cm³/mol. The summed E-state index contributed by atoms with van der Waals surface area (Å²) in [5, 5.41) is 3.15. The lowest BCUT2D eigenvalue weighted by molar-refractivity contribution is -0.126. The van der Waals surface area contributed by atoms with Gasteiger partial charge in [-0.1, -0.05) is 0 Å². The predicted octanol–water partition coefficient (Wildman–Crippen LogP) is 1.36. The molecule has 3 rings (SSSR count). The number of anilines is 1. The highest BCUT2D eigenvalue weighted by molar-refractivity contribution is 5.79. The lowest BCUT2D eigenvalue weighted by atomic mass is 9.90. The van der Waals surface area contributed by atoms with Crippen molar-refractivity contribution < 1.29 is 4.79 Å². The molecule has 1 aliphatic carbocycles. The molecule has 1 aromatic heterocycles. The number of hydrogen-bond acceptors (Lipinski definition) is 4. The quantitative estimate of drug-likeness (QED) is 0.891. The molecule has 1 saturated heterocycles. The van der Waals surface area contributed by atoms with Crippen molar-refractivity contribution in [2.45, 2.75) is 38.1 Å². The average Bonchev–Trinajstić information content (AvgIpc) is 2.44. The molecule has 1 aliphatic heterocycles. The van der Waals surface area contributed by atoms with E-state index in [4.69, 9.17) is 0 Å². The average molecular weight is 260 g/mol. The van der Waals surface area contributed by atoms with Crippen molar-refractivity contribution in [2.75, 3.05) is 18.0 Å². The molecule has 0 bridgehead atoms. The Labute approximate surface area is 113 Å². The molecule has 2 heterocycles. The minimum absolute atomic E-state index is 0.167. The number of aromatic nitrogens is 2. The number of carbonyl (C=O) groups is 1. The zero-order valence-corrected chi connectivity index (χ0v) is 11.1. The third kappa shape index (κ3) is 2.85. The summed E-state index contributed by atoms with van der Waals surface area (Å²) in [6.07, 6.45) is 8.89. The Morgan fingerprint density at radius 2 is 1.84 bits per heavy atom. The Morgan fingerprint density at radius 3 is 2.42 bits per heavy atom. The molecule has 19 heavy (non-hydrogen) atoms. The summed E-state index contributed by atoms with van der Waals surface area (Å²) in [6.45, 7) is 1.74. The van der Waals surface area contributed by atoms with Crippen molar-refractivity contribution in [3.63, 3.8) is 0 Å². The van der Waals surface area contributed by atoms with Crippen molar-refractivity contribution in [2.24, 2.45) is 5.92 Å². The highest BCUT2D eigenvalue weighted by atomic mass is 16.1. The largest absolute Gasteiger partial charge is 0.353 e. The summed E-state index contributed by atoms with van der Waals surface area (Å²) in [5.41, 5.74) is 0. The fraction of sp³-hybridized carbons (Fsp3) is 0.643. The Morgan fingerprint density at radius 1 is 1.16 bits per heavy atom. The van der Waals surface area contributed by atoms with Crippen molar-refractivity contribution in [1.29, 1.82) is 0 Å². The van der Waals surface area contributed by atoms with E-state index in [1.54, 1.807) is 12.4 Å². The van der Waals surface area contributed by atoms with Crippen LogP contribution < -0.4 is 10.2 Å². The third-order valence-corrected chi connectivity index (χ3v) is 4.15. The molecule has 2 aliphatic rings. The third-order valence-electron chi connectivity index (χ3n) is 4.15. The molecule has 0 unspecified atom stereocenters. The van der Waals surface area contributed by atoms with Crippen LogP contribution in [0.5, 0.6) is 0 Å². The molecule has 1 N–H and O–H groups in total. The van der Waals surface area contributed by atoms with Crippen LogP contribution in [0, 0.1) is 5.92 Å². The summed E-state index contributed by atoms with van der Waals surface area (Å²) in [4.78, 5) is 22.8. The molecule has 5 nitrogen and oxygen atoms in total. The molecule has 1 amide bonds. The summed E-state index contributed by atoms with van der Waals surface area (Å²) in [7, 11) is 0. The second-order valence-corrected chi connectivity index (χ2v) is 5.45. The maximum atomic E-state index is 12.1. The van der Waals surface area contributed by atoms with Gasteiger partial charge in [0.1, 0.15) is 0 Å². The minimum Gasteiger partial charge on any atom is -0.353 e.